The third-order valence-electron chi connectivity index (χ3n) is 4.08. The van der Waals surface area contributed by atoms with Crippen LogP contribution in [0.1, 0.15) is 49.9 Å². The summed E-state index contributed by atoms with van der Waals surface area (Å²) in [5.41, 5.74) is 1.24. The van der Waals surface area contributed by atoms with Crippen LogP contribution in [0.5, 0.6) is 0 Å². The largest absolute Gasteiger partial charge is 0.369 e. The van der Waals surface area contributed by atoms with Crippen LogP contribution in [-0.4, -0.2) is 21.5 Å². The van der Waals surface area contributed by atoms with Crippen LogP contribution in [0.15, 0.2) is 30.6 Å². The first-order valence-electron chi connectivity index (χ1n) is 7.81. The van der Waals surface area contributed by atoms with Gasteiger partial charge in [-0.05, 0) is 30.4 Å². The van der Waals surface area contributed by atoms with Crippen LogP contribution in [0.2, 0.25) is 5.15 Å². The second kappa shape index (κ2) is 6.61. The van der Waals surface area contributed by atoms with E-state index in [0.717, 1.165) is 18.2 Å². The molecule has 2 aromatic rings. The molecule has 4 nitrogen and oxygen atoms in total. The molecule has 2 heterocycles. The van der Waals surface area contributed by atoms with Crippen molar-refractivity contribution >= 4 is 17.4 Å². The van der Waals surface area contributed by atoms with Gasteiger partial charge in [0.05, 0.1) is 0 Å². The highest BCUT2D eigenvalue weighted by molar-refractivity contribution is 6.29. The first-order chi connectivity index (χ1) is 10.6. The van der Waals surface area contributed by atoms with Crippen LogP contribution < -0.4 is 5.32 Å². The van der Waals surface area contributed by atoms with Crippen molar-refractivity contribution in [3.63, 3.8) is 0 Å². The van der Waals surface area contributed by atoms with Crippen molar-refractivity contribution in [2.24, 2.45) is 5.92 Å². The van der Waals surface area contributed by atoms with Crippen LogP contribution in [0.25, 0.3) is 0 Å². The van der Waals surface area contributed by atoms with E-state index in [1.165, 1.54) is 18.4 Å². The van der Waals surface area contributed by atoms with E-state index in [2.05, 4.69) is 40.2 Å². The summed E-state index contributed by atoms with van der Waals surface area (Å²) < 4.78 is 0. The Bertz CT molecular complexity index is 626. The average Bonchev–Trinajstić information content (AvgIpc) is 3.32. The zero-order valence-corrected chi connectivity index (χ0v) is 13.7. The van der Waals surface area contributed by atoms with Gasteiger partial charge in [-0.1, -0.05) is 31.5 Å². The summed E-state index contributed by atoms with van der Waals surface area (Å²) in [4.78, 5) is 13.1. The van der Waals surface area contributed by atoms with E-state index in [4.69, 9.17) is 11.6 Å². The molecular formula is C17H21ClN4. The van der Waals surface area contributed by atoms with Crippen LogP contribution >= 0.6 is 11.6 Å². The Labute approximate surface area is 136 Å². The summed E-state index contributed by atoms with van der Waals surface area (Å²) in [5, 5.41) is 3.94. The lowest BCUT2D eigenvalue weighted by atomic mass is 9.89. The fourth-order valence-electron chi connectivity index (χ4n) is 2.60. The van der Waals surface area contributed by atoms with Gasteiger partial charge in [-0.25, -0.2) is 9.97 Å². The maximum atomic E-state index is 6.12. The van der Waals surface area contributed by atoms with Gasteiger partial charge in [-0.3, -0.25) is 4.98 Å². The van der Waals surface area contributed by atoms with Gasteiger partial charge in [0.25, 0.3) is 0 Å². The molecule has 0 aliphatic heterocycles. The fourth-order valence-corrected chi connectivity index (χ4v) is 2.79. The average molecular weight is 317 g/mol. The van der Waals surface area contributed by atoms with Gasteiger partial charge < -0.3 is 5.32 Å². The van der Waals surface area contributed by atoms with Crippen LogP contribution in [0.4, 0.5) is 5.82 Å². The maximum absolute atomic E-state index is 6.12. The van der Waals surface area contributed by atoms with E-state index in [9.17, 15) is 0 Å². The zero-order valence-electron chi connectivity index (χ0n) is 13.0. The molecule has 1 aliphatic carbocycles. The summed E-state index contributed by atoms with van der Waals surface area (Å²) >= 11 is 6.12. The maximum Gasteiger partial charge on any atom is 0.135 e. The standard InChI is InChI=1S/C17H21ClN4/c1-11(2)14(13-4-3-7-19-9-13)10-20-16-8-15(18)21-17(22-16)12-5-6-12/h3-4,7-9,11-12,14H,5-6,10H2,1-2H3,(H,20,21,22). The minimum absolute atomic E-state index is 0.381. The van der Waals surface area contributed by atoms with Crippen LogP contribution in [0, 0.1) is 5.92 Å². The summed E-state index contributed by atoms with van der Waals surface area (Å²) in [7, 11) is 0. The molecule has 1 unspecified atom stereocenters. The third-order valence-corrected chi connectivity index (χ3v) is 4.27. The second-order valence-corrected chi connectivity index (χ2v) is 6.61. The number of anilines is 1. The molecule has 116 valence electrons. The highest BCUT2D eigenvalue weighted by Crippen LogP contribution is 2.38. The van der Waals surface area contributed by atoms with E-state index in [1.807, 2.05) is 12.3 Å². The van der Waals surface area contributed by atoms with Crippen LogP contribution in [0.3, 0.4) is 0 Å². The van der Waals surface area contributed by atoms with Gasteiger partial charge in [0.15, 0.2) is 0 Å². The van der Waals surface area contributed by atoms with Crippen molar-refractivity contribution in [3.05, 3.63) is 47.1 Å². The summed E-state index contributed by atoms with van der Waals surface area (Å²) in [6, 6.07) is 5.91. The van der Waals surface area contributed by atoms with Gasteiger partial charge in [-0.2, -0.15) is 0 Å². The van der Waals surface area contributed by atoms with E-state index in [1.54, 1.807) is 12.3 Å². The van der Waals surface area contributed by atoms with Gasteiger partial charge in [-0.15, -0.1) is 0 Å². The Hall–Kier alpha value is -1.68. The minimum Gasteiger partial charge on any atom is -0.369 e. The molecule has 5 heteroatoms. The van der Waals surface area contributed by atoms with Crippen molar-refractivity contribution in [1.29, 1.82) is 0 Å². The topological polar surface area (TPSA) is 50.7 Å². The molecule has 1 N–H and O–H groups in total. The SMILES string of the molecule is CC(C)C(CNc1cc(Cl)nc(C2CC2)n1)c1cccnc1. The molecule has 0 bridgehead atoms. The molecule has 1 fully saturated rings. The lowest BCUT2D eigenvalue weighted by molar-refractivity contribution is 0.515. The van der Waals surface area contributed by atoms with Crippen molar-refractivity contribution in [2.45, 2.75) is 38.5 Å². The minimum atomic E-state index is 0.381. The zero-order chi connectivity index (χ0) is 15.5. The monoisotopic (exact) mass is 316 g/mol. The molecule has 0 radical (unpaired) electrons. The van der Waals surface area contributed by atoms with E-state index in [-0.39, 0.29) is 0 Å². The molecule has 2 aromatic heterocycles. The number of hydrogen-bond acceptors (Lipinski definition) is 4. The molecule has 1 aliphatic rings. The number of rotatable bonds is 6. The van der Waals surface area contributed by atoms with Gasteiger partial charge in [0, 0.05) is 36.8 Å². The van der Waals surface area contributed by atoms with Crippen molar-refractivity contribution in [3.8, 4) is 0 Å². The number of halogens is 1. The van der Waals surface area contributed by atoms with E-state index in [0.29, 0.717) is 22.9 Å². The Balaban J connectivity index is 1.72. The number of hydrogen-bond donors (Lipinski definition) is 1. The lowest BCUT2D eigenvalue weighted by Crippen LogP contribution is -2.18. The van der Waals surface area contributed by atoms with Gasteiger partial charge in [0.1, 0.15) is 16.8 Å². The van der Waals surface area contributed by atoms with Gasteiger partial charge >= 0.3 is 0 Å². The molecule has 3 rings (SSSR count). The Kier molecular flexibility index (Phi) is 4.57. The predicted molar refractivity (Wildman–Crippen MR) is 89.3 cm³/mol. The van der Waals surface area contributed by atoms with Crippen LogP contribution in [-0.2, 0) is 0 Å². The second-order valence-electron chi connectivity index (χ2n) is 6.23. The summed E-state index contributed by atoms with van der Waals surface area (Å²) in [6.45, 7) is 5.25. The van der Waals surface area contributed by atoms with Crippen molar-refractivity contribution < 1.29 is 0 Å². The molecule has 0 amide bonds. The number of aromatic nitrogens is 3. The summed E-state index contributed by atoms with van der Waals surface area (Å²) in [5.74, 6) is 3.08. The summed E-state index contributed by atoms with van der Waals surface area (Å²) in [6.07, 6.45) is 6.09. The van der Waals surface area contributed by atoms with Crippen molar-refractivity contribution in [2.75, 3.05) is 11.9 Å². The van der Waals surface area contributed by atoms with Crippen molar-refractivity contribution in [1.82, 2.24) is 15.0 Å². The molecule has 0 saturated heterocycles. The first kappa shape index (κ1) is 15.2. The molecule has 1 saturated carbocycles. The number of pyridine rings is 1. The number of nitrogens with one attached hydrogen (secondary N) is 1. The Morgan fingerprint density at radius 3 is 2.77 bits per heavy atom. The van der Waals surface area contributed by atoms with E-state index < -0.39 is 0 Å². The fraction of sp³-hybridized carbons (Fsp3) is 0.471. The Morgan fingerprint density at radius 1 is 1.32 bits per heavy atom. The lowest BCUT2D eigenvalue weighted by Gasteiger charge is -2.22. The molecular weight excluding hydrogens is 296 g/mol. The Morgan fingerprint density at radius 2 is 2.14 bits per heavy atom. The molecule has 1 atom stereocenters. The smallest absolute Gasteiger partial charge is 0.135 e. The first-order valence-corrected chi connectivity index (χ1v) is 8.19. The molecule has 22 heavy (non-hydrogen) atoms. The third kappa shape index (κ3) is 3.74. The number of nitrogens with zero attached hydrogens (tertiary/aromatic N) is 3. The predicted octanol–water partition coefficient (Wildman–Crippen LogP) is 4.25. The highest BCUT2D eigenvalue weighted by atomic mass is 35.5. The molecule has 0 spiro atoms. The molecule has 0 aromatic carbocycles. The van der Waals surface area contributed by atoms with Gasteiger partial charge in [0.2, 0.25) is 0 Å². The normalized spacial score (nSPS) is 15.8. The highest BCUT2D eigenvalue weighted by Gasteiger charge is 2.27. The quantitative estimate of drug-likeness (QED) is 0.809. The van der Waals surface area contributed by atoms with E-state index >= 15 is 0 Å².